The molecule has 0 spiro atoms. The number of benzene rings is 1. The summed E-state index contributed by atoms with van der Waals surface area (Å²) in [6.45, 7) is 0. The number of amides is 1. The van der Waals surface area contributed by atoms with Crippen LogP contribution in [0.2, 0.25) is 5.02 Å². The molecular weight excluding hydrogens is 391 g/mol. The van der Waals surface area contributed by atoms with Crippen LogP contribution in [-0.2, 0) is 4.79 Å². The fourth-order valence-electron chi connectivity index (χ4n) is 1.63. The minimum atomic E-state index is -0.160. The average Bonchev–Trinajstić information content (AvgIpc) is 3.17. The molecule has 0 atom stereocenters. The minimum absolute atomic E-state index is 0.0911. The number of nitrogens with zero attached hydrogens (tertiary/aromatic N) is 4. The van der Waals surface area contributed by atoms with Crippen LogP contribution in [0.15, 0.2) is 34.4 Å². The number of aromatic amines is 1. The number of hydrogen-bond acceptors (Lipinski definition) is 6. The van der Waals surface area contributed by atoms with Gasteiger partial charge in [-0.05, 0) is 0 Å². The maximum atomic E-state index is 11.8. The molecular formula is C12H9ClN6OSSe. The number of thioether (sulfide) groups is 1. The zero-order chi connectivity index (χ0) is 15.4. The maximum absolute atomic E-state index is 11.8. The molecule has 2 aromatic heterocycles. The Morgan fingerprint density at radius 3 is 2.91 bits per heavy atom. The van der Waals surface area contributed by atoms with E-state index in [0.717, 1.165) is 15.0 Å². The summed E-state index contributed by atoms with van der Waals surface area (Å²) in [6.07, 6.45) is 1.34. The Balaban J connectivity index is 1.65. The van der Waals surface area contributed by atoms with Crippen molar-refractivity contribution in [1.29, 1.82) is 0 Å². The van der Waals surface area contributed by atoms with Gasteiger partial charge < -0.3 is 0 Å². The summed E-state index contributed by atoms with van der Waals surface area (Å²) < 4.78 is 5.11. The number of anilines is 1. The first-order valence-corrected chi connectivity index (χ1v) is 9.07. The van der Waals surface area contributed by atoms with Crippen LogP contribution in [0.4, 0.5) is 5.95 Å². The Bertz CT molecular complexity index is 760. The molecule has 112 valence electrons. The van der Waals surface area contributed by atoms with Gasteiger partial charge in [-0.15, -0.1) is 0 Å². The van der Waals surface area contributed by atoms with Gasteiger partial charge >= 0.3 is 141 Å². The van der Waals surface area contributed by atoms with Crippen molar-refractivity contribution in [2.24, 2.45) is 0 Å². The van der Waals surface area contributed by atoms with Gasteiger partial charge in [0.1, 0.15) is 0 Å². The Morgan fingerprint density at radius 2 is 2.18 bits per heavy atom. The van der Waals surface area contributed by atoms with Gasteiger partial charge in [0.2, 0.25) is 0 Å². The second-order valence-corrected chi connectivity index (χ2v) is 7.67. The van der Waals surface area contributed by atoms with Gasteiger partial charge in [-0.1, -0.05) is 0 Å². The zero-order valence-electron chi connectivity index (χ0n) is 11.0. The van der Waals surface area contributed by atoms with E-state index in [0.29, 0.717) is 11.0 Å². The Morgan fingerprint density at radius 1 is 1.36 bits per heavy atom. The molecule has 0 aliphatic rings. The van der Waals surface area contributed by atoms with Crippen molar-refractivity contribution >= 4 is 50.0 Å². The first-order chi connectivity index (χ1) is 10.7. The van der Waals surface area contributed by atoms with E-state index in [1.165, 1.54) is 18.1 Å². The third-order valence-electron chi connectivity index (χ3n) is 2.58. The molecule has 0 aliphatic carbocycles. The van der Waals surface area contributed by atoms with Crippen molar-refractivity contribution in [3.05, 3.63) is 35.6 Å². The molecule has 0 fully saturated rings. The van der Waals surface area contributed by atoms with Gasteiger partial charge in [0.05, 0.1) is 0 Å². The van der Waals surface area contributed by atoms with Crippen molar-refractivity contribution in [1.82, 2.24) is 24.4 Å². The molecule has 10 heteroatoms. The van der Waals surface area contributed by atoms with E-state index in [1.807, 2.05) is 24.3 Å². The van der Waals surface area contributed by atoms with E-state index in [4.69, 9.17) is 11.6 Å². The van der Waals surface area contributed by atoms with Crippen molar-refractivity contribution in [3.8, 4) is 11.3 Å². The summed E-state index contributed by atoms with van der Waals surface area (Å²) in [5.74, 6) is 0.441. The van der Waals surface area contributed by atoms with Crippen molar-refractivity contribution in [3.63, 3.8) is 0 Å². The van der Waals surface area contributed by atoms with Crippen LogP contribution in [0, 0.1) is 0 Å². The summed E-state index contributed by atoms with van der Waals surface area (Å²) >= 11 is 7.23. The first-order valence-electron chi connectivity index (χ1n) is 6.08. The number of carbonyl (C=O) groups excluding carboxylic acids is 1. The number of halogens is 1. The number of nitrogens with one attached hydrogen (secondary N) is 2. The van der Waals surface area contributed by atoms with E-state index >= 15 is 0 Å². The number of H-pyrrole nitrogens is 1. The van der Waals surface area contributed by atoms with Gasteiger partial charge in [-0.25, -0.2) is 0 Å². The Labute approximate surface area is 140 Å². The van der Waals surface area contributed by atoms with Crippen LogP contribution in [0.1, 0.15) is 0 Å². The molecule has 0 saturated carbocycles. The van der Waals surface area contributed by atoms with Crippen molar-refractivity contribution < 1.29 is 4.79 Å². The topological polar surface area (TPSA) is 96.5 Å². The summed E-state index contributed by atoms with van der Waals surface area (Å²) in [5, 5.41) is 13.7. The molecule has 1 amide bonds. The third kappa shape index (κ3) is 3.75. The van der Waals surface area contributed by atoms with E-state index in [9.17, 15) is 4.79 Å². The zero-order valence-corrected chi connectivity index (χ0v) is 14.3. The number of carbonyl (C=O) groups is 1. The monoisotopic (exact) mass is 400 g/mol. The molecule has 2 heterocycles. The second kappa shape index (κ2) is 7.06. The molecule has 2 N–H and O–H groups in total. The summed E-state index contributed by atoms with van der Waals surface area (Å²) in [6, 6.07) is 7.41. The normalized spacial score (nSPS) is 10.6. The summed E-state index contributed by atoms with van der Waals surface area (Å²) in [4.78, 5) is 15.7. The predicted octanol–water partition coefficient (Wildman–Crippen LogP) is 1.70. The van der Waals surface area contributed by atoms with Gasteiger partial charge in [0.25, 0.3) is 0 Å². The summed E-state index contributed by atoms with van der Waals surface area (Å²) in [7, 11) is 0. The van der Waals surface area contributed by atoms with E-state index in [1.54, 1.807) is 0 Å². The summed E-state index contributed by atoms with van der Waals surface area (Å²) in [5.41, 5.74) is 1.76. The van der Waals surface area contributed by atoms with Crippen LogP contribution in [-0.4, -0.2) is 50.8 Å². The Kier molecular flexibility index (Phi) is 4.89. The van der Waals surface area contributed by atoms with Gasteiger partial charge in [0.15, 0.2) is 0 Å². The SMILES string of the molecule is O=C(CSc1[se]nnc1-c1ccc(Cl)cc1)Nc1ncn[nH]1. The van der Waals surface area contributed by atoms with Crippen molar-refractivity contribution in [2.45, 2.75) is 3.77 Å². The molecule has 0 unspecified atom stereocenters. The average molecular weight is 400 g/mol. The standard InChI is InChI=1S/C12H9ClN6OSSe/c13-8-3-1-7(2-4-8)10-11(22-19-17-10)21-5-9(20)16-12-14-6-15-18-12/h1-4,6H,5H2,(H2,14,15,16,18,20). The van der Waals surface area contributed by atoms with E-state index in [-0.39, 0.29) is 26.4 Å². The van der Waals surface area contributed by atoms with E-state index in [2.05, 4.69) is 29.7 Å². The quantitative estimate of drug-likeness (QED) is 0.501. The van der Waals surface area contributed by atoms with Crippen LogP contribution < -0.4 is 5.32 Å². The van der Waals surface area contributed by atoms with Crippen molar-refractivity contribution in [2.75, 3.05) is 11.1 Å². The third-order valence-corrected chi connectivity index (χ3v) is 5.92. The predicted molar refractivity (Wildman–Crippen MR) is 85.2 cm³/mol. The molecule has 22 heavy (non-hydrogen) atoms. The van der Waals surface area contributed by atoms with E-state index < -0.39 is 0 Å². The molecule has 0 saturated heterocycles. The molecule has 0 radical (unpaired) electrons. The van der Waals surface area contributed by atoms with Crippen LogP contribution >= 0.6 is 23.4 Å². The van der Waals surface area contributed by atoms with Gasteiger partial charge in [0, 0.05) is 0 Å². The molecule has 3 rings (SSSR count). The molecule has 7 nitrogen and oxygen atoms in total. The molecule has 3 aromatic rings. The van der Waals surface area contributed by atoms with Gasteiger partial charge in [-0.2, -0.15) is 0 Å². The first kappa shape index (κ1) is 15.2. The molecule has 1 aromatic carbocycles. The number of hydrogen-bond donors (Lipinski definition) is 2. The number of rotatable bonds is 5. The van der Waals surface area contributed by atoms with Crippen LogP contribution in [0.5, 0.6) is 0 Å². The van der Waals surface area contributed by atoms with Crippen LogP contribution in [0.25, 0.3) is 11.3 Å². The number of aromatic nitrogens is 5. The molecule has 0 aliphatic heterocycles. The fourth-order valence-corrected chi connectivity index (χ4v) is 4.24. The Hall–Kier alpha value is -1.67. The van der Waals surface area contributed by atoms with Gasteiger partial charge in [-0.3, -0.25) is 0 Å². The van der Waals surface area contributed by atoms with Crippen LogP contribution in [0.3, 0.4) is 0 Å². The molecule has 0 bridgehead atoms. The fraction of sp³-hybridized carbons (Fsp3) is 0.0833. The second-order valence-electron chi connectivity index (χ2n) is 4.09.